The van der Waals surface area contributed by atoms with Crippen molar-refractivity contribution in [3.8, 4) is 12.3 Å². The Balaban J connectivity index is 4.21. The Hall–Kier alpha value is -0.570. The molecule has 0 aliphatic heterocycles. The second kappa shape index (κ2) is 6.82. The Morgan fingerprint density at radius 1 is 1.43 bits per heavy atom. The van der Waals surface area contributed by atoms with E-state index in [0.717, 1.165) is 0 Å². The van der Waals surface area contributed by atoms with Crippen LogP contribution in [0.4, 0.5) is 0 Å². The number of nitrogens with zero attached hydrogens (tertiary/aromatic N) is 1. The van der Waals surface area contributed by atoms with E-state index in [9.17, 15) is 8.42 Å². The predicted molar refractivity (Wildman–Crippen MR) is 56.4 cm³/mol. The number of hydrogen-bond donors (Lipinski definition) is 0. The molecule has 0 heterocycles. The molecule has 0 fully saturated rings. The topological polar surface area (TPSA) is 46.6 Å². The van der Waals surface area contributed by atoms with Gasteiger partial charge < -0.3 is 4.74 Å². The first kappa shape index (κ1) is 13.4. The zero-order valence-corrected chi connectivity index (χ0v) is 9.51. The van der Waals surface area contributed by atoms with Crippen molar-refractivity contribution < 1.29 is 13.2 Å². The van der Waals surface area contributed by atoms with E-state index in [1.807, 2.05) is 6.92 Å². The van der Waals surface area contributed by atoms with Gasteiger partial charge in [0, 0.05) is 13.2 Å². The minimum Gasteiger partial charge on any atom is -0.381 e. The van der Waals surface area contributed by atoms with Crippen molar-refractivity contribution in [1.82, 2.24) is 4.31 Å². The highest BCUT2D eigenvalue weighted by atomic mass is 32.2. The van der Waals surface area contributed by atoms with E-state index in [2.05, 4.69) is 5.92 Å². The van der Waals surface area contributed by atoms with Gasteiger partial charge in [0.25, 0.3) is 0 Å². The van der Waals surface area contributed by atoms with Crippen molar-refractivity contribution in [2.45, 2.75) is 13.8 Å². The van der Waals surface area contributed by atoms with Gasteiger partial charge in [0.1, 0.15) is 0 Å². The quantitative estimate of drug-likeness (QED) is 0.457. The molecule has 0 N–H and O–H groups in total. The van der Waals surface area contributed by atoms with Crippen molar-refractivity contribution in [3.63, 3.8) is 0 Å². The molecule has 4 nitrogen and oxygen atoms in total. The number of terminal acetylenes is 1. The first-order valence-electron chi connectivity index (χ1n) is 4.57. The van der Waals surface area contributed by atoms with Crippen LogP contribution in [0.3, 0.4) is 0 Å². The van der Waals surface area contributed by atoms with E-state index in [4.69, 9.17) is 11.2 Å². The molecule has 0 aromatic rings. The first-order chi connectivity index (χ1) is 6.58. The van der Waals surface area contributed by atoms with E-state index in [1.165, 1.54) is 4.31 Å². The maximum Gasteiger partial charge on any atom is 0.217 e. The molecule has 0 bridgehead atoms. The lowest BCUT2D eigenvalue weighted by Gasteiger charge is -2.17. The molecule has 82 valence electrons. The Morgan fingerprint density at radius 3 is 2.50 bits per heavy atom. The second-order valence-electron chi connectivity index (χ2n) is 2.64. The smallest absolute Gasteiger partial charge is 0.217 e. The van der Waals surface area contributed by atoms with Crippen molar-refractivity contribution in [3.05, 3.63) is 0 Å². The van der Waals surface area contributed by atoms with Gasteiger partial charge in [0.15, 0.2) is 0 Å². The third-order valence-electron chi connectivity index (χ3n) is 1.70. The highest BCUT2D eigenvalue weighted by Gasteiger charge is 2.18. The van der Waals surface area contributed by atoms with Crippen molar-refractivity contribution in [1.29, 1.82) is 0 Å². The zero-order chi connectivity index (χ0) is 11.0. The molecule has 0 saturated carbocycles. The van der Waals surface area contributed by atoms with Gasteiger partial charge in [-0.05, 0) is 6.92 Å². The average Bonchev–Trinajstić information content (AvgIpc) is 2.14. The van der Waals surface area contributed by atoms with E-state index < -0.39 is 10.0 Å². The molecular weight excluding hydrogens is 202 g/mol. The van der Waals surface area contributed by atoms with Crippen molar-refractivity contribution >= 4 is 10.0 Å². The van der Waals surface area contributed by atoms with E-state index in [-0.39, 0.29) is 18.9 Å². The average molecular weight is 219 g/mol. The van der Waals surface area contributed by atoms with Gasteiger partial charge in [-0.3, -0.25) is 0 Å². The van der Waals surface area contributed by atoms with Gasteiger partial charge in [-0.2, -0.15) is 4.31 Å². The first-order valence-corrected chi connectivity index (χ1v) is 6.18. The van der Waals surface area contributed by atoms with E-state index in [1.54, 1.807) is 6.92 Å². The molecule has 0 radical (unpaired) electrons. The van der Waals surface area contributed by atoms with E-state index in [0.29, 0.717) is 13.2 Å². The molecule has 0 amide bonds. The fourth-order valence-corrected chi connectivity index (χ4v) is 2.20. The van der Waals surface area contributed by atoms with Crippen LogP contribution >= 0.6 is 0 Å². The van der Waals surface area contributed by atoms with Crippen LogP contribution in [0.2, 0.25) is 0 Å². The molecule has 14 heavy (non-hydrogen) atoms. The minimum absolute atomic E-state index is 0.00361. The molecule has 0 aliphatic rings. The molecule has 0 aromatic carbocycles. The Morgan fingerprint density at radius 2 is 2.07 bits per heavy atom. The van der Waals surface area contributed by atoms with Crippen LogP contribution in [0.25, 0.3) is 0 Å². The summed E-state index contributed by atoms with van der Waals surface area (Å²) in [5.41, 5.74) is 0. The summed E-state index contributed by atoms with van der Waals surface area (Å²) in [6.07, 6.45) is 5.07. The van der Waals surface area contributed by atoms with Crippen LogP contribution in [0.1, 0.15) is 13.8 Å². The fraction of sp³-hybridized carbons (Fsp3) is 0.778. The second-order valence-corrected chi connectivity index (χ2v) is 4.73. The Kier molecular flexibility index (Phi) is 6.54. The van der Waals surface area contributed by atoms with Crippen LogP contribution in [0, 0.1) is 12.3 Å². The van der Waals surface area contributed by atoms with Gasteiger partial charge in [-0.1, -0.05) is 12.8 Å². The van der Waals surface area contributed by atoms with Gasteiger partial charge in [0.2, 0.25) is 10.0 Å². The monoisotopic (exact) mass is 219 g/mol. The summed E-state index contributed by atoms with van der Waals surface area (Å²) in [6, 6.07) is 0. The molecule has 0 atom stereocenters. The van der Waals surface area contributed by atoms with Crippen LogP contribution in [-0.4, -0.2) is 44.8 Å². The van der Waals surface area contributed by atoms with Crippen LogP contribution < -0.4 is 0 Å². The summed E-state index contributed by atoms with van der Waals surface area (Å²) < 4.78 is 29.4. The molecule has 0 aliphatic carbocycles. The van der Waals surface area contributed by atoms with Gasteiger partial charge >= 0.3 is 0 Å². The third-order valence-corrected chi connectivity index (χ3v) is 3.56. The highest BCUT2D eigenvalue weighted by molar-refractivity contribution is 7.89. The van der Waals surface area contributed by atoms with Gasteiger partial charge in [0.05, 0.1) is 18.9 Å². The highest BCUT2D eigenvalue weighted by Crippen LogP contribution is 2.00. The summed E-state index contributed by atoms with van der Waals surface area (Å²) in [5, 5.41) is 0. The molecule has 0 spiro atoms. The van der Waals surface area contributed by atoms with Crippen LogP contribution in [-0.2, 0) is 14.8 Å². The minimum atomic E-state index is -3.24. The molecule has 5 heteroatoms. The fourth-order valence-electron chi connectivity index (χ4n) is 0.946. The molecular formula is C9H17NO3S. The molecule has 0 aromatic heterocycles. The lowest BCUT2D eigenvalue weighted by Crippen LogP contribution is -2.34. The lowest BCUT2D eigenvalue weighted by molar-refractivity contribution is 0.162. The van der Waals surface area contributed by atoms with Crippen molar-refractivity contribution in [2.24, 2.45) is 0 Å². The Bertz CT molecular complexity index is 279. The summed E-state index contributed by atoms with van der Waals surface area (Å²) in [4.78, 5) is 0. The zero-order valence-electron chi connectivity index (χ0n) is 8.69. The van der Waals surface area contributed by atoms with Crippen molar-refractivity contribution in [2.75, 3.05) is 32.1 Å². The van der Waals surface area contributed by atoms with E-state index >= 15 is 0 Å². The standard InChI is InChI=1S/C9H17NO3S/c1-4-7-10(5-2)14(11,12)9-8-13-6-3/h1H,5-9H2,2-3H3. The Labute approximate surface area is 86.3 Å². The number of hydrogen-bond acceptors (Lipinski definition) is 3. The van der Waals surface area contributed by atoms with Gasteiger partial charge in [-0.25, -0.2) is 8.42 Å². The maximum atomic E-state index is 11.6. The normalized spacial score (nSPS) is 11.6. The summed E-state index contributed by atoms with van der Waals surface area (Å²) >= 11 is 0. The SMILES string of the molecule is C#CCN(CC)S(=O)(=O)CCOCC. The summed E-state index contributed by atoms with van der Waals surface area (Å²) in [7, 11) is -3.24. The number of sulfonamides is 1. The maximum absolute atomic E-state index is 11.6. The third kappa shape index (κ3) is 4.61. The number of ether oxygens (including phenoxy) is 1. The number of rotatable bonds is 7. The predicted octanol–water partition coefficient (Wildman–Crippen LogP) is 0.308. The molecule has 0 rings (SSSR count). The molecule has 0 saturated heterocycles. The van der Waals surface area contributed by atoms with Crippen LogP contribution in [0.15, 0.2) is 0 Å². The molecule has 0 unspecified atom stereocenters. The summed E-state index contributed by atoms with van der Waals surface area (Å²) in [5.74, 6) is 2.32. The summed E-state index contributed by atoms with van der Waals surface area (Å²) in [6.45, 7) is 4.86. The van der Waals surface area contributed by atoms with Gasteiger partial charge in [-0.15, -0.1) is 6.42 Å². The van der Waals surface area contributed by atoms with Crippen LogP contribution in [0.5, 0.6) is 0 Å². The largest absolute Gasteiger partial charge is 0.381 e. The lowest BCUT2D eigenvalue weighted by atomic mass is 10.6.